The summed E-state index contributed by atoms with van der Waals surface area (Å²) >= 11 is 0. The van der Waals surface area contributed by atoms with E-state index in [1.165, 1.54) is 0 Å². The van der Waals surface area contributed by atoms with Crippen LogP contribution in [0.2, 0.25) is 0 Å². The first-order chi connectivity index (χ1) is 7.39. The minimum Gasteiger partial charge on any atom is -0.303 e. The third-order valence-electron chi connectivity index (χ3n) is 2.27. The predicted octanol–water partition coefficient (Wildman–Crippen LogP) is 2.81. The van der Waals surface area contributed by atoms with Gasteiger partial charge in [-0.1, -0.05) is 18.2 Å². The van der Waals surface area contributed by atoms with Gasteiger partial charge in [0.05, 0.1) is 6.61 Å². The highest BCUT2D eigenvalue weighted by Gasteiger charge is 2.30. The summed E-state index contributed by atoms with van der Waals surface area (Å²) < 4.78 is 15.3. The van der Waals surface area contributed by atoms with Gasteiger partial charge in [0.25, 0.3) is 0 Å². The first-order valence-corrected chi connectivity index (χ1v) is 6.45. The van der Waals surface area contributed by atoms with Gasteiger partial charge in [-0.25, -0.2) is 4.57 Å². The molecule has 0 aliphatic carbocycles. The maximum absolute atomic E-state index is 10.7. The summed E-state index contributed by atoms with van der Waals surface area (Å²) in [6.45, 7) is 10.9. The second-order valence-electron chi connectivity index (χ2n) is 3.74. The van der Waals surface area contributed by atoms with E-state index in [-0.39, 0.29) is 6.61 Å². The first kappa shape index (κ1) is 15.3. The molecule has 0 amide bonds. The summed E-state index contributed by atoms with van der Waals surface area (Å²) in [5.74, 6) is 0. The van der Waals surface area contributed by atoms with Crippen LogP contribution in [0.25, 0.3) is 0 Å². The lowest BCUT2D eigenvalue weighted by molar-refractivity contribution is 0.110. The Balaban J connectivity index is 4.71. The van der Waals surface area contributed by atoms with Crippen molar-refractivity contribution in [1.29, 1.82) is 0 Å². The molecule has 5 heteroatoms. The van der Waals surface area contributed by atoms with Crippen molar-refractivity contribution in [1.82, 2.24) is 0 Å². The van der Waals surface area contributed by atoms with Crippen molar-refractivity contribution in [3.63, 3.8) is 0 Å². The topological polar surface area (TPSA) is 66.8 Å². The molecule has 0 heterocycles. The van der Waals surface area contributed by atoms with Crippen LogP contribution in [-0.4, -0.2) is 16.4 Å². The highest BCUT2D eigenvalue weighted by Crippen LogP contribution is 2.42. The zero-order chi connectivity index (χ0) is 12.7. The highest BCUT2D eigenvalue weighted by atomic mass is 31.2. The van der Waals surface area contributed by atoms with Gasteiger partial charge in [0.2, 0.25) is 0 Å². The van der Waals surface area contributed by atoms with E-state index in [1.807, 2.05) is 0 Å². The molecular formula is C11H19O4P. The number of hydrogen-bond donors (Lipinski definition) is 2. The Kier molecular flexibility index (Phi) is 6.53. The van der Waals surface area contributed by atoms with Crippen LogP contribution in [0.4, 0.5) is 0 Å². The molecule has 0 aromatic rings. The molecule has 0 aliphatic heterocycles. The number of phosphoric acid groups is 1. The second-order valence-corrected chi connectivity index (χ2v) is 4.98. The fourth-order valence-electron chi connectivity index (χ4n) is 1.57. The van der Waals surface area contributed by atoms with Gasteiger partial charge in [-0.05, 0) is 19.3 Å². The lowest BCUT2D eigenvalue weighted by Crippen LogP contribution is -2.25. The lowest BCUT2D eigenvalue weighted by Gasteiger charge is -2.30. The maximum Gasteiger partial charge on any atom is 0.469 e. The summed E-state index contributed by atoms with van der Waals surface area (Å²) in [5.41, 5.74) is -0.410. The van der Waals surface area contributed by atoms with Gasteiger partial charge < -0.3 is 9.79 Å². The fourth-order valence-corrected chi connectivity index (χ4v) is 2.01. The number of hydrogen-bond acceptors (Lipinski definition) is 2. The molecule has 92 valence electrons. The largest absolute Gasteiger partial charge is 0.469 e. The molecule has 0 aliphatic rings. The molecule has 0 bridgehead atoms. The standard InChI is InChI=1S/C11H19O4P/c1-4-7-11(8-5-2,9-6-3)10-15-16(12,13)14/h4-6H,1-3,7-10H2,(H2,12,13,14). The fraction of sp³-hybridized carbons (Fsp3) is 0.455. The SMILES string of the molecule is C=CCC(CC=C)(CC=C)COP(=O)(O)O. The van der Waals surface area contributed by atoms with Crippen LogP contribution in [0, 0.1) is 5.41 Å². The summed E-state index contributed by atoms with van der Waals surface area (Å²) in [4.78, 5) is 17.4. The second kappa shape index (κ2) is 6.81. The monoisotopic (exact) mass is 246 g/mol. The van der Waals surface area contributed by atoms with E-state index < -0.39 is 13.2 Å². The zero-order valence-electron chi connectivity index (χ0n) is 9.34. The predicted molar refractivity (Wildman–Crippen MR) is 64.9 cm³/mol. The van der Waals surface area contributed by atoms with Crippen LogP contribution in [0.15, 0.2) is 38.0 Å². The van der Waals surface area contributed by atoms with Crippen LogP contribution in [0.5, 0.6) is 0 Å². The Morgan fingerprint density at radius 1 is 1.06 bits per heavy atom. The van der Waals surface area contributed by atoms with Crippen LogP contribution in [0.3, 0.4) is 0 Å². The normalized spacial score (nSPS) is 12.1. The van der Waals surface area contributed by atoms with Crippen LogP contribution >= 0.6 is 7.82 Å². The highest BCUT2D eigenvalue weighted by molar-refractivity contribution is 7.46. The van der Waals surface area contributed by atoms with Gasteiger partial charge in [-0.2, -0.15) is 0 Å². The van der Waals surface area contributed by atoms with Gasteiger partial charge in [-0.3, -0.25) is 4.52 Å². The molecule has 0 aromatic carbocycles. The van der Waals surface area contributed by atoms with E-state index in [0.29, 0.717) is 19.3 Å². The van der Waals surface area contributed by atoms with Gasteiger partial charge in [0, 0.05) is 5.41 Å². The minimum atomic E-state index is -4.44. The first-order valence-electron chi connectivity index (χ1n) is 4.92. The molecule has 0 radical (unpaired) electrons. The van der Waals surface area contributed by atoms with Crippen molar-refractivity contribution >= 4 is 7.82 Å². The maximum atomic E-state index is 10.7. The molecule has 0 aromatic heterocycles. The van der Waals surface area contributed by atoms with E-state index in [1.54, 1.807) is 18.2 Å². The molecule has 0 atom stereocenters. The zero-order valence-corrected chi connectivity index (χ0v) is 10.2. The average molecular weight is 246 g/mol. The van der Waals surface area contributed by atoms with Crippen molar-refractivity contribution in [3.8, 4) is 0 Å². The number of phosphoric ester groups is 1. The molecule has 0 unspecified atom stereocenters. The van der Waals surface area contributed by atoms with Crippen molar-refractivity contribution in [2.24, 2.45) is 5.41 Å². The van der Waals surface area contributed by atoms with Gasteiger partial charge >= 0.3 is 7.82 Å². The molecule has 0 fully saturated rings. The third kappa shape index (κ3) is 6.03. The van der Waals surface area contributed by atoms with Crippen molar-refractivity contribution in [3.05, 3.63) is 38.0 Å². The third-order valence-corrected chi connectivity index (χ3v) is 2.74. The van der Waals surface area contributed by atoms with E-state index in [4.69, 9.17) is 9.79 Å². The Morgan fingerprint density at radius 3 is 1.69 bits per heavy atom. The lowest BCUT2D eigenvalue weighted by atomic mass is 9.79. The van der Waals surface area contributed by atoms with Gasteiger partial charge in [0.15, 0.2) is 0 Å². The number of allylic oxidation sites excluding steroid dienone is 3. The van der Waals surface area contributed by atoms with Crippen molar-refractivity contribution in [2.75, 3.05) is 6.61 Å². The molecule has 2 N–H and O–H groups in total. The Morgan fingerprint density at radius 2 is 1.44 bits per heavy atom. The molecule has 0 saturated heterocycles. The summed E-state index contributed by atoms with van der Waals surface area (Å²) in [7, 11) is -4.44. The summed E-state index contributed by atoms with van der Waals surface area (Å²) in [5, 5.41) is 0. The number of rotatable bonds is 9. The van der Waals surface area contributed by atoms with Crippen molar-refractivity contribution in [2.45, 2.75) is 19.3 Å². The molecule has 0 rings (SSSR count). The van der Waals surface area contributed by atoms with Crippen molar-refractivity contribution < 1.29 is 18.9 Å². The van der Waals surface area contributed by atoms with E-state index >= 15 is 0 Å². The van der Waals surface area contributed by atoms with E-state index in [9.17, 15) is 4.57 Å². The van der Waals surface area contributed by atoms with Crippen LogP contribution < -0.4 is 0 Å². The quantitative estimate of drug-likeness (QED) is 0.485. The minimum absolute atomic E-state index is 0.0403. The summed E-state index contributed by atoms with van der Waals surface area (Å²) in [6.07, 6.45) is 6.88. The molecule has 0 saturated carbocycles. The van der Waals surface area contributed by atoms with Crippen LogP contribution in [0.1, 0.15) is 19.3 Å². The van der Waals surface area contributed by atoms with E-state index in [0.717, 1.165) is 0 Å². The molecule has 0 spiro atoms. The van der Waals surface area contributed by atoms with Gasteiger partial charge in [-0.15, -0.1) is 19.7 Å². The van der Waals surface area contributed by atoms with Gasteiger partial charge in [0.1, 0.15) is 0 Å². The summed E-state index contributed by atoms with van der Waals surface area (Å²) in [6, 6.07) is 0. The van der Waals surface area contributed by atoms with E-state index in [2.05, 4.69) is 24.3 Å². The molecular weight excluding hydrogens is 227 g/mol. The Hall–Kier alpha value is -0.670. The molecule has 4 nitrogen and oxygen atoms in total. The average Bonchev–Trinajstić information content (AvgIpc) is 2.15. The smallest absolute Gasteiger partial charge is 0.303 e. The molecule has 16 heavy (non-hydrogen) atoms. The Bertz CT molecular complexity index is 266. The Labute approximate surface area is 96.6 Å². The van der Waals surface area contributed by atoms with Crippen LogP contribution in [-0.2, 0) is 9.09 Å².